The highest BCUT2D eigenvalue weighted by Gasteiger charge is 2.37. The van der Waals surface area contributed by atoms with Crippen molar-refractivity contribution in [2.75, 3.05) is 13.7 Å². The van der Waals surface area contributed by atoms with Crippen LogP contribution in [0.3, 0.4) is 0 Å². The topological polar surface area (TPSA) is 74.2 Å². The van der Waals surface area contributed by atoms with Crippen LogP contribution < -0.4 is 10.2 Å². The van der Waals surface area contributed by atoms with Crippen molar-refractivity contribution in [3.8, 4) is 5.75 Å². The van der Waals surface area contributed by atoms with Crippen molar-refractivity contribution in [2.24, 2.45) is 5.10 Å². The zero-order valence-corrected chi connectivity index (χ0v) is 20.3. The normalized spacial score (nSPS) is 19.3. The Morgan fingerprint density at radius 2 is 1.76 bits per heavy atom. The minimum absolute atomic E-state index is 0.00762. The fourth-order valence-corrected chi connectivity index (χ4v) is 4.95. The minimum atomic E-state index is -0.846. The Labute approximate surface area is 196 Å². The molecule has 2 aromatic rings. The molecular formula is C27H35N3O3. The quantitative estimate of drug-likeness (QED) is 0.624. The molecule has 2 aliphatic rings. The van der Waals surface area contributed by atoms with Crippen LogP contribution in [-0.4, -0.2) is 35.5 Å². The Morgan fingerprint density at radius 3 is 2.36 bits per heavy atom. The maximum atomic E-state index is 11.4. The number of rotatable bonds is 7. The van der Waals surface area contributed by atoms with Gasteiger partial charge in [0.25, 0.3) is 0 Å². The number of hydrogen-bond donors (Lipinski definition) is 2. The molecule has 0 aromatic heterocycles. The molecule has 176 valence electrons. The van der Waals surface area contributed by atoms with Gasteiger partial charge in [-0.3, -0.25) is 10.2 Å². The van der Waals surface area contributed by atoms with Gasteiger partial charge in [0, 0.05) is 7.05 Å². The summed E-state index contributed by atoms with van der Waals surface area (Å²) in [6.45, 7) is 10.4. The number of carboxylic acid groups (broad SMARTS) is 1. The van der Waals surface area contributed by atoms with Crippen molar-refractivity contribution >= 4 is 11.8 Å². The van der Waals surface area contributed by atoms with Gasteiger partial charge in [-0.05, 0) is 58.1 Å². The summed E-state index contributed by atoms with van der Waals surface area (Å²) in [5.74, 6) is 0.361. The van der Waals surface area contributed by atoms with Gasteiger partial charge in [-0.25, -0.2) is 0 Å². The molecule has 1 aliphatic heterocycles. The third-order valence-electron chi connectivity index (χ3n) is 7.19. The lowest BCUT2D eigenvalue weighted by atomic mass is 9.63. The Bertz CT molecular complexity index is 1060. The van der Waals surface area contributed by atoms with Crippen LogP contribution in [0.1, 0.15) is 75.1 Å². The van der Waals surface area contributed by atoms with Crippen LogP contribution in [0, 0.1) is 0 Å². The average Bonchev–Trinajstić information content (AvgIpc) is 3.20. The van der Waals surface area contributed by atoms with E-state index >= 15 is 0 Å². The molecule has 4 rings (SSSR count). The van der Waals surface area contributed by atoms with Crippen LogP contribution in [0.15, 0.2) is 47.6 Å². The maximum Gasteiger partial charge on any atom is 0.304 e. The summed E-state index contributed by atoms with van der Waals surface area (Å²) in [6, 6.07) is 14.5. The summed E-state index contributed by atoms with van der Waals surface area (Å²) in [7, 11) is 1.91. The van der Waals surface area contributed by atoms with E-state index in [0.29, 0.717) is 13.3 Å². The smallest absolute Gasteiger partial charge is 0.304 e. The van der Waals surface area contributed by atoms with E-state index in [1.54, 1.807) is 0 Å². The summed E-state index contributed by atoms with van der Waals surface area (Å²) in [5.41, 5.74) is 8.27. The van der Waals surface area contributed by atoms with Crippen LogP contribution in [0.25, 0.3) is 0 Å². The Hall–Kier alpha value is -3.02. The van der Waals surface area contributed by atoms with Gasteiger partial charge < -0.3 is 14.7 Å². The molecule has 0 saturated heterocycles. The predicted molar refractivity (Wildman–Crippen MR) is 131 cm³/mol. The van der Waals surface area contributed by atoms with Crippen LogP contribution in [-0.2, 0) is 22.2 Å². The number of aliphatic carboxylic acids is 1. The molecule has 0 fully saturated rings. The zero-order valence-electron chi connectivity index (χ0n) is 20.3. The molecule has 1 heterocycles. The lowest BCUT2D eigenvalue weighted by Crippen LogP contribution is -2.33. The van der Waals surface area contributed by atoms with E-state index in [9.17, 15) is 9.90 Å². The molecule has 0 unspecified atom stereocenters. The largest absolute Gasteiger partial charge is 0.489 e. The third kappa shape index (κ3) is 4.85. The number of hydrogen-bond acceptors (Lipinski definition) is 5. The SMILES string of the molecule is CN1CNN=C1[C@@H](CC(=O)O)c1ccc(OCc2ccc3c(c2)C(C)(C)CCC3(C)C)cc1. The maximum absolute atomic E-state index is 11.4. The van der Waals surface area contributed by atoms with Gasteiger partial charge in [-0.2, -0.15) is 5.10 Å². The van der Waals surface area contributed by atoms with Crippen molar-refractivity contribution < 1.29 is 14.6 Å². The summed E-state index contributed by atoms with van der Waals surface area (Å²) in [5, 5.41) is 13.7. The number of ether oxygens (including phenoxy) is 1. The first kappa shape index (κ1) is 23.1. The lowest BCUT2D eigenvalue weighted by Gasteiger charge is -2.42. The van der Waals surface area contributed by atoms with E-state index in [1.807, 2.05) is 36.2 Å². The molecule has 1 aliphatic carbocycles. The first-order valence-electron chi connectivity index (χ1n) is 11.7. The van der Waals surface area contributed by atoms with E-state index in [0.717, 1.165) is 17.1 Å². The van der Waals surface area contributed by atoms with Gasteiger partial charge in [-0.15, -0.1) is 0 Å². The molecule has 2 aromatic carbocycles. The van der Waals surface area contributed by atoms with E-state index in [2.05, 4.69) is 56.4 Å². The Kier molecular flexibility index (Phi) is 6.12. The van der Waals surface area contributed by atoms with Crippen LogP contribution in [0.5, 0.6) is 5.75 Å². The molecule has 1 atom stereocenters. The molecular weight excluding hydrogens is 414 g/mol. The molecule has 0 spiro atoms. The second-order valence-electron chi connectivity index (χ2n) is 10.6. The van der Waals surface area contributed by atoms with E-state index in [1.165, 1.54) is 29.5 Å². The highest BCUT2D eigenvalue weighted by molar-refractivity contribution is 5.92. The third-order valence-corrected chi connectivity index (χ3v) is 7.19. The number of carbonyl (C=O) groups is 1. The van der Waals surface area contributed by atoms with E-state index < -0.39 is 5.97 Å². The first-order valence-corrected chi connectivity index (χ1v) is 11.7. The van der Waals surface area contributed by atoms with Crippen molar-refractivity contribution in [1.82, 2.24) is 10.3 Å². The van der Waals surface area contributed by atoms with Gasteiger partial charge in [0.2, 0.25) is 0 Å². The number of likely N-dealkylation sites (N-methyl/N-ethyl adjacent to an activating group) is 1. The van der Waals surface area contributed by atoms with Crippen LogP contribution >= 0.6 is 0 Å². The second-order valence-corrected chi connectivity index (χ2v) is 10.6. The summed E-state index contributed by atoms with van der Waals surface area (Å²) in [4.78, 5) is 13.4. The highest BCUT2D eigenvalue weighted by Crippen LogP contribution is 2.46. The molecule has 2 N–H and O–H groups in total. The summed E-state index contributed by atoms with van der Waals surface area (Å²) >= 11 is 0. The van der Waals surface area contributed by atoms with Crippen LogP contribution in [0.2, 0.25) is 0 Å². The fourth-order valence-electron chi connectivity index (χ4n) is 4.95. The predicted octanol–water partition coefficient (Wildman–Crippen LogP) is 4.98. The zero-order chi connectivity index (χ0) is 23.8. The number of carboxylic acids is 1. The highest BCUT2D eigenvalue weighted by atomic mass is 16.5. The van der Waals surface area contributed by atoms with E-state index in [4.69, 9.17) is 4.74 Å². The lowest BCUT2D eigenvalue weighted by molar-refractivity contribution is -0.137. The van der Waals surface area contributed by atoms with Gasteiger partial charge in [0.05, 0.1) is 12.3 Å². The standard InChI is InChI=1S/C27H35N3O3/c1-26(2)12-13-27(3,4)23-14-18(6-11-22(23)26)16-33-20-9-7-19(8-10-20)21(15-24(31)32)25-29-28-17-30(25)5/h6-11,14,21,28H,12-13,15-17H2,1-5H3,(H,31,32)/t21-/m0/s1. The molecule has 0 radical (unpaired) electrons. The number of benzene rings is 2. The number of fused-ring (bicyclic) bond motifs is 1. The van der Waals surface area contributed by atoms with Gasteiger partial charge in [0.1, 0.15) is 24.9 Å². The molecule has 0 bridgehead atoms. The Balaban J connectivity index is 1.48. The Morgan fingerprint density at radius 1 is 1.09 bits per heavy atom. The van der Waals surface area contributed by atoms with Crippen molar-refractivity contribution in [3.63, 3.8) is 0 Å². The first-order chi connectivity index (χ1) is 15.6. The molecule has 0 saturated carbocycles. The molecule has 6 nitrogen and oxygen atoms in total. The number of nitrogens with zero attached hydrogens (tertiary/aromatic N) is 2. The molecule has 0 amide bonds. The second kappa shape index (κ2) is 8.73. The monoisotopic (exact) mass is 449 g/mol. The number of nitrogens with one attached hydrogen (secondary N) is 1. The summed E-state index contributed by atoms with van der Waals surface area (Å²) < 4.78 is 6.10. The van der Waals surface area contributed by atoms with Gasteiger partial charge in [-0.1, -0.05) is 58.0 Å². The molecule has 33 heavy (non-hydrogen) atoms. The summed E-state index contributed by atoms with van der Waals surface area (Å²) in [6.07, 6.45) is 2.38. The van der Waals surface area contributed by atoms with Crippen molar-refractivity contribution in [3.05, 3.63) is 64.7 Å². The van der Waals surface area contributed by atoms with E-state index in [-0.39, 0.29) is 23.2 Å². The van der Waals surface area contributed by atoms with Crippen molar-refractivity contribution in [2.45, 2.75) is 70.3 Å². The van der Waals surface area contributed by atoms with Gasteiger partial charge >= 0.3 is 5.97 Å². The fraction of sp³-hybridized carbons (Fsp3) is 0.481. The van der Waals surface area contributed by atoms with Crippen molar-refractivity contribution in [1.29, 1.82) is 0 Å². The number of amidine groups is 1. The van der Waals surface area contributed by atoms with Crippen LogP contribution in [0.4, 0.5) is 0 Å². The average molecular weight is 450 g/mol. The van der Waals surface area contributed by atoms with Gasteiger partial charge in [0.15, 0.2) is 0 Å². The molecule has 6 heteroatoms. The minimum Gasteiger partial charge on any atom is -0.489 e. The number of hydrazone groups is 1.